The maximum atomic E-state index is 10.8. The molecule has 6 heteroatoms. The summed E-state index contributed by atoms with van der Waals surface area (Å²) in [4.78, 5) is 0. The van der Waals surface area contributed by atoms with Crippen molar-refractivity contribution in [1.82, 2.24) is 9.78 Å². The minimum absolute atomic E-state index is 0.145. The molecule has 0 N–H and O–H groups in total. The highest BCUT2D eigenvalue weighted by atomic mass is 35.7. The van der Waals surface area contributed by atoms with Crippen molar-refractivity contribution >= 4 is 19.7 Å². The lowest BCUT2D eigenvalue weighted by atomic mass is 10.1. The molecule has 1 aromatic heterocycles. The quantitative estimate of drug-likeness (QED) is 0.735. The summed E-state index contributed by atoms with van der Waals surface area (Å²) in [5.41, 5.74) is 0.323. The zero-order valence-corrected chi connectivity index (χ0v) is 9.93. The summed E-state index contributed by atoms with van der Waals surface area (Å²) in [5, 5.41) is 4.12. The van der Waals surface area contributed by atoms with E-state index in [0.29, 0.717) is 5.69 Å². The Morgan fingerprint density at radius 1 is 1.50 bits per heavy atom. The Labute approximate surface area is 88.3 Å². The maximum Gasteiger partial charge on any atom is 0.238 e. The molecule has 1 rings (SSSR count). The second kappa shape index (κ2) is 3.55. The van der Waals surface area contributed by atoms with Crippen molar-refractivity contribution < 1.29 is 8.42 Å². The summed E-state index contributed by atoms with van der Waals surface area (Å²) in [6.07, 6.45) is 1.75. The Morgan fingerprint density at radius 3 is 2.43 bits per heavy atom. The molecule has 4 nitrogen and oxygen atoms in total. The topological polar surface area (TPSA) is 52.0 Å². The van der Waals surface area contributed by atoms with Crippen molar-refractivity contribution in [3.05, 3.63) is 18.0 Å². The van der Waals surface area contributed by atoms with Crippen LogP contribution in [-0.4, -0.2) is 18.2 Å². The summed E-state index contributed by atoms with van der Waals surface area (Å²) >= 11 is 0. The number of nitrogens with zero attached hydrogens (tertiary/aromatic N) is 2. The fourth-order valence-electron chi connectivity index (χ4n) is 0.989. The van der Waals surface area contributed by atoms with Crippen LogP contribution in [-0.2, 0) is 20.3 Å². The highest BCUT2D eigenvalue weighted by molar-refractivity contribution is 8.13. The minimum atomic E-state index is -3.51. The van der Waals surface area contributed by atoms with Crippen LogP contribution >= 0.6 is 10.7 Å². The van der Waals surface area contributed by atoms with Crippen LogP contribution < -0.4 is 0 Å². The van der Waals surface area contributed by atoms with Crippen LogP contribution in [0.1, 0.15) is 26.5 Å². The second-order valence-electron chi connectivity index (χ2n) is 4.11. The summed E-state index contributed by atoms with van der Waals surface area (Å²) in [5.74, 6) is -0.225. The lowest BCUT2D eigenvalue weighted by molar-refractivity contribution is 0.354. The van der Waals surface area contributed by atoms with Gasteiger partial charge < -0.3 is 0 Å². The predicted molar refractivity (Wildman–Crippen MR) is 55.7 cm³/mol. The van der Waals surface area contributed by atoms with Crippen molar-refractivity contribution in [3.63, 3.8) is 0 Å². The lowest BCUT2D eigenvalue weighted by Crippen LogP contribution is -2.22. The van der Waals surface area contributed by atoms with Crippen molar-refractivity contribution in [1.29, 1.82) is 0 Å². The largest absolute Gasteiger partial charge is 0.267 e. The molecular formula is C8H13ClN2O2S. The van der Waals surface area contributed by atoms with Gasteiger partial charge in [0.25, 0.3) is 0 Å². The van der Waals surface area contributed by atoms with E-state index in [1.165, 1.54) is 0 Å². The molecule has 0 aliphatic carbocycles. The zero-order chi connectivity index (χ0) is 11.0. The molecule has 0 atom stereocenters. The number of halogens is 1. The van der Waals surface area contributed by atoms with Gasteiger partial charge in [0.15, 0.2) is 0 Å². The highest BCUT2D eigenvalue weighted by Crippen LogP contribution is 2.14. The average molecular weight is 237 g/mol. The van der Waals surface area contributed by atoms with Gasteiger partial charge in [0, 0.05) is 16.9 Å². The molecule has 0 amide bonds. The Kier molecular flexibility index (Phi) is 2.92. The van der Waals surface area contributed by atoms with Crippen molar-refractivity contribution in [3.8, 4) is 0 Å². The van der Waals surface area contributed by atoms with Crippen molar-refractivity contribution in [2.45, 2.75) is 32.1 Å². The third kappa shape index (κ3) is 3.31. The minimum Gasteiger partial charge on any atom is -0.267 e. The fourth-order valence-corrected chi connectivity index (χ4v) is 1.83. The van der Waals surface area contributed by atoms with Crippen LogP contribution in [0.2, 0.25) is 0 Å². The molecule has 0 aliphatic heterocycles. The van der Waals surface area contributed by atoms with Crippen molar-refractivity contribution in [2.24, 2.45) is 0 Å². The van der Waals surface area contributed by atoms with E-state index in [1.807, 2.05) is 20.8 Å². The fraction of sp³-hybridized carbons (Fsp3) is 0.625. The normalized spacial score (nSPS) is 13.1. The van der Waals surface area contributed by atoms with Crippen LogP contribution in [0.15, 0.2) is 12.3 Å². The molecule has 0 saturated heterocycles. The molecule has 1 aromatic rings. The Bertz CT molecular complexity index is 417. The summed E-state index contributed by atoms with van der Waals surface area (Å²) in [6.45, 7) is 5.96. The van der Waals surface area contributed by atoms with E-state index in [-0.39, 0.29) is 11.3 Å². The molecule has 0 fully saturated rings. The number of hydrogen-bond acceptors (Lipinski definition) is 3. The van der Waals surface area contributed by atoms with Gasteiger partial charge in [0.2, 0.25) is 9.05 Å². The van der Waals surface area contributed by atoms with Crippen LogP contribution in [0, 0.1) is 0 Å². The zero-order valence-electron chi connectivity index (χ0n) is 8.36. The number of rotatable bonds is 2. The third-order valence-electron chi connectivity index (χ3n) is 1.65. The van der Waals surface area contributed by atoms with Gasteiger partial charge in [-0.3, -0.25) is 4.68 Å². The molecule has 0 aliphatic rings. The average Bonchev–Trinajstić information content (AvgIpc) is 2.29. The first-order valence-corrected chi connectivity index (χ1v) is 6.64. The maximum absolute atomic E-state index is 10.8. The van der Waals surface area contributed by atoms with E-state index in [9.17, 15) is 8.42 Å². The first kappa shape index (κ1) is 11.5. The van der Waals surface area contributed by atoms with Gasteiger partial charge in [0.05, 0.1) is 11.2 Å². The highest BCUT2D eigenvalue weighted by Gasteiger charge is 2.16. The summed E-state index contributed by atoms with van der Waals surface area (Å²) in [6, 6.07) is 1.66. The SMILES string of the molecule is CC(C)(C)n1ccc(CS(=O)(=O)Cl)n1. The molecule has 14 heavy (non-hydrogen) atoms. The van der Waals surface area contributed by atoms with E-state index in [2.05, 4.69) is 5.10 Å². The molecular weight excluding hydrogens is 224 g/mol. The van der Waals surface area contributed by atoms with Gasteiger partial charge in [0.1, 0.15) is 5.75 Å². The van der Waals surface area contributed by atoms with E-state index in [0.717, 1.165) is 0 Å². The predicted octanol–water partition coefficient (Wildman–Crippen LogP) is 1.71. The third-order valence-corrected chi connectivity index (χ3v) is 2.62. The second-order valence-corrected chi connectivity index (χ2v) is 6.88. The summed E-state index contributed by atoms with van der Waals surface area (Å²) < 4.78 is 23.3. The van der Waals surface area contributed by atoms with Crippen molar-refractivity contribution in [2.75, 3.05) is 0 Å². The monoisotopic (exact) mass is 236 g/mol. The van der Waals surface area contributed by atoms with Gasteiger partial charge in [-0.15, -0.1) is 0 Å². The summed E-state index contributed by atoms with van der Waals surface area (Å²) in [7, 11) is 1.60. The molecule has 0 spiro atoms. The van der Waals surface area contributed by atoms with Gasteiger partial charge in [-0.05, 0) is 26.8 Å². The first-order valence-electron chi connectivity index (χ1n) is 4.16. The molecule has 0 aromatic carbocycles. The number of hydrogen-bond donors (Lipinski definition) is 0. The molecule has 0 radical (unpaired) electrons. The van der Waals surface area contributed by atoms with E-state index in [4.69, 9.17) is 10.7 Å². The van der Waals surface area contributed by atoms with E-state index >= 15 is 0 Å². The van der Waals surface area contributed by atoms with E-state index in [1.54, 1.807) is 16.9 Å². The molecule has 1 heterocycles. The molecule has 0 bridgehead atoms. The van der Waals surface area contributed by atoms with Crippen LogP contribution in [0.3, 0.4) is 0 Å². The Balaban J connectivity index is 2.90. The number of aromatic nitrogens is 2. The Morgan fingerprint density at radius 2 is 2.07 bits per heavy atom. The molecule has 0 unspecified atom stereocenters. The molecule has 0 saturated carbocycles. The van der Waals surface area contributed by atoms with E-state index < -0.39 is 9.05 Å². The standard InChI is InChI=1S/C8H13ClN2O2S/c1-8(2,3)11-5-4-7(10-11)6-14(9,12)13/h4-5H,6H2,1-3H3. The molecule has 80 valence electrons. The smallest absolute Gasteiger partial charge is 0.238 e. The van der Waals surface area contributed by atoms with Crippen LogP contribution in [0.5, 0.6) is 0 Å². The van der Waals surface area contributed by atoms with Gasteiger partial charge in [-0.1, -0.05) is 0 Å². The first-order chi connectivity index (χ1) is 6.18. The van der Waals surface area contributed by atoms with Gasteiger partial charge >= 0.3 is 0 Å². The van der Waals surface area contributed by atoms with Gasteiger partial charge in [-0.25, -0.2) is 8.42 Å². The van der Waals surface area contributed by atoms with Crippen LogP contribution in [0.4, 0.5) is 0 Å². The lowest BCUT2D eigenvalue weighted by Gasteiger charge is -2.18. The van der Waals surface area contributed by atoms with Crippen LogP contribution in [0.25, 0.3) is 0 Å². The Hall–Kier alpha value is -0.550. The van der Waals surface area contributed by atoms with Gasteiger partial charge in [-0.2, -0.15) is 5.10 Å².